The van der Waals surface area contributed by atoms with Crippen molar-refractivity contribution in [2.75, 3.05) is 11.9 Å². The Kier molecular flexibility index (Phi) is 2.84. The SMILES string of the molecule is CC1=Nc2c(F)c(F)c(F)c(F)c2N(C)C(=O)C1. The van der Waals surface area contributed by atoms with E-state index in [1.807, 2.05) is 0 Å². The van der Waals surface area contributed by atoms with Gasteiger partial charge in [0, 0.05) is 12.8 Å². The molecule has 1 amide bonds. The molecule has 3 nitrogen and oxygen atoms in total. The molecule has 96 valence electrons. The van der Waals surface area contributed by atoms with Gasteiger partial charge in [0.2, 0.25) is 5.91 Å². The first-order chi connectivity index (χ1) is 8.34. The Labute approximate surface area is 99.7 Å². The summed E-state index contributed by atoms with van der Waals surface area (Å²) in [5.41, 5.74) is -1.19. The maximum absolute atomic E-state index is 13.6. The van der Waals surface area contributed by atoms with E-state index in [0.29, 0.717) is 0 Å². The molecule has 0 unspecified atom stereocenters. The first-order valence-corrected chi connectivity index (χ1v) is 5.01. The number of rotatable bonds is 0. The third-order valence-corrected chi connectivity index (χ3v) is 2.64. The van der Waals surface area contributed by atoms with Crippen LogP contribution in [0, 0.1) is 23.3 Å². The highest BCUT2D eigenvalue weighted by molar-refractivity contribution is 6.10. The summed E-state index contributed by atoms with van der Waals surface area (Å²) in [5, 5.41) is 0. The average Bonchev–Trinajstić information content (AvgIpc) is 2.42. The predicted molar refractivity (Wildman–Crippen MR) is 57.1 cm³/mol. The van der Waals surface area contributed by atoms with Gasteiger partial charge >= 0.3 is 0 Å². The number of anilines is 1. The van der Waals surface area contributed by atoms with Crippen LogP contribution >= 0.6 is 0 Å². The largest absolute Gasteiger partial charge is 0.311 e. The van der Waals surface area contributed by atoms with E-state index >= 15 is 0 Å². The van der Waals surface area contributed by atoms with Gasteiger partial charge in [0.05, 0.1) is 6.42 Å². The molecule has 18 heavy (non-hydrogen) atoms. The molecular formula is C11H8F4N2O. The topological polar surface area (TPSA) is 32.7 Å². The van der Waals surface area contributed by atoms with Crippen molar-refractivity contribution in [3.8, 4) is 0 Å². The van der Waals surface area contributed by atoms with Gasteiger partial charge in [-0.15, -0.1) is 0 Å². The smallest absolute Gasteiger partial charge is 0.232 e. The average molecular weight is 260 g/mol. The van der Waals surface area contributed by atoms with Crippen LogP contribution in [0.3, 0.4) is 0 Å². The summed E-state index contributed by atoms with van der Waals surface area (Å²) < 4.78 is 53.4. The highest BCUT2D eigenvalue weighted by Gasteiger charge is 2.31. The van der Waals surface area contributed by atoms with E-state index in [4.69, 9.17) is 0 Å². The standard InChI is InChI=1S/C11H8F4N2O/c1-4-3-5(18)17(2)11-9(15)7(13)6(12)8(14)10(11)16-4/h3H2,1-2H3. The molecule has 1 aliphatic rings. The zero-order chi connectivity index (χ0) is 13.6. The normalized spacial score (nSPS) is 15.3. The molecule has 0 bridgehead atoms. The molecule has 0 saturated heterocycles. The maximum atomic E-state index is 13.6. The second-order valence-electron chi connectivity index (χ2n) is 3.93. The van der Waals surface area contributed by atoms with Gasteiger partial charge in [-0.05, 0) is 6.92 Å². The Morgan fingerprint density at radius 2 is 1.61 bits per heavy atom. The molecule has 0 spiro atoms. The van der Waals surface area contributed by atoms with E-state index in [2.05, 4.69) is 4.99 Å². The Hall–Kier alpha value is -1.92. The molecule has 0 radical (unpaired) electrons. The lowest BCUT2D eigenvalue weighted by molar-refractivity contribution is -0.117. The van der Waals surface area contributed by atoms with E-state index < -0.39 is 40.6 Å². The van der Waals surface area contributed by atoms with E-state index in [1.54, 1.807) is 0 Å². The first kappa shape index (κ1) is 12.5. The molecule has 0 atom stereocenters. The fraction of sp³-hybridized carbons (Fsp3) is 0.273. The fourth-order valence-electron chi connectivity index (χ4n) is 1.71. The summed E-state index contributed by atoms with van der Waals surface area (Å²) in [7, 11) is 1.15. The minimum Gasteiger partial charge on any atom is -0.311 e. The van der Waals surface area contributed by atoms with Crippen molar-refractivity contribution >= 4 is 23.0 Å². The van der Waals surface area contributed by atoms with Gasteiger partial charge < -0.3 is 4.90 Å². The molecule has 0 saturated carbocycles. The van der Waals surface area contributed by atoms with Crippen molar-refractivity contribution in [2.45, 2.75) is 13.3 Å². The summed E-state index contributed by atoms with van der Waals surface area (Å²) in [4.78, 5) is 16.0. The minimum absolute atomic E-state index is 0.173. The molecule has 1 aromatic rings. The number of hydrogen-bond acceptors (Lipinski definition) is 2. The monoisotopic (exact) mass is 260 g/mol. The molecule has 0 aliphatic carbocycles. The number of benzene rings is 1. The van der Waals surface area contributed by atoms with E-state index in [1.165, 1.54) is 6.92 Å². The van der Waals surface area contributed by atoms with Gasteiger partial charge in [-0.3, -0.25) is 9.79 Å². The highest BCUT2D eigenvalue weighted by Crippen LogP contribution is 2.39. The lowest BCUT2D eigenvalue weighted by Crippen LogP contribution is -2.27. The van der Waals surface area contributed by atoms with E-state index in [-0.39, 0.29) is 12.1 Å². The number of carbonyl (C=O) groups is 1. The summed E-state index contributed by atoms with van der Waals surface area (Å²) in [5.74, 6) is -7.71. The molecule has 1 aliphatic heterocycles. The van der Waals surface area contributed by atoms with Crippen molar-refractivity contribution in [1.29, 1.82) is 0 Å². The van der Waals surface area contributed by atoms with Crippen LogP contribution in [0.2, 0.25) is 0 Å². The molecule has 7 heteroatoms. The van der Waals surface area contributed by atoms with Gasteiger partial charge in [0.15, 0.2) is 23.3 Å². The number of nitrogens with zero attached hydrogens (tertiary/aromatic N) is 2. The molecular weight excluding hydrogens is 252 g/mol. The van der Waals surface area contributed by atoms with Gasteiger partial charge in [0.1, 0.15) is 11.4 Å². The van der Waals surface area contributed by atoms with Gasteiger partial charge in [-0.1, -0.05) is 0 Å². The maximum Gasteiger partial charge on any atom is 0.232 e. The zero-order valence-corrected chi connectivity index (χ0v) is 9.52. The molecule has 1 heterocycles. The van der Waals surface area contributed by atoms with Crippen molar-refractivity contribution in [1.82, 2.24) is 0 Å². The van der Waals surface area contributed by atoms with Crippen LogP contribution in [-0.4, -0.2) is 18.7 Å². The van der Waals surface area contributed by atoms with Gasteiger partial charge in [0.25, 0.3) is 0 Å². The van der Waals surface area contributed by atoms with Gasteiger partial charge in [-0.2, -0.15) is 0 Å². The number of hydrogen-bond donors (Lipinski definition) is 0. The highest BCUT2D eigenvalue weighted by atomic mass is 19.2. The molecule has 0 fully saturated rings. The van der Waals surface area contributed by atoms with Crippen molar-refractivity contribution in [3.05, 3.63) is 23.3 Å². The van der Waals surface area contributed by atoms with Crippen LogP contribution in [0.15, 0.2) is 4.99 Å². The van der Waals surface area contributed by atoms with Crippen LogP contribution in [0.25, 0.3) is 0 Å². The molecule has 0 N–H and O–H groups in total. The third kappa shape index (κ3) is 1.66. The Morgan fingerprint density at radius 3 is 2.22 bits per heavy atom. The Balaban J connectivity index is 2.87. The Bertz CT molecular complexity index is 583. The number of amides is 1. The summed E-state index contributed by atoms with van der Waals surface area (Å²) in [6.07, 6.45) is -0.173. The molecule has 0 aromatic heterocycles. The van der Waals surface area contributed by atoms with Gasteiger partial charge in [-0.25, -0.2) is 17.6 Å². The predicted octanol–water partition coefficient (Wildman–Crippen LogP) is 2.70. The second kappa shape index (κ2) is 4.08. The number of carbonyl (C=O) groups excluding carboxylic acids is 1. The number of aliphatic imine (C=N–C) groups is 1. The van der Waals surface area contributed by atoms with Crippen LogP contribution in [0.5, 0.6) is 0 Å². The number of fused-ring (bicyclic) bond motifs is 1. The quantitative estimate of drug-likeness (QED) is 0.401. The summed E-state index contributed by atoms with van der Waals surface area (Å²) >= 11 is 0. The third-order valence-electron chi connectivity index (χ3n) is 2.64. The minimum atomic E-state index is -1.96. The van der Waals surface area contributed by atoms with Crippen LogP contribution < -0.4 is 4.90 Å². The van der Waals surface area contributed by atoms with Crippen LogP contribution in [0.4, 0.5) is 28.9 Å². The lowest BCUT2D eigenvalue weighted by atomic mass is 10.2. The lowest BCUT2D eigenvalue weighted by Gasteiger charge is -2.18. The van der Waals surface area contributed by atoms with Crippen LogP contribution in [0.1, 0.15) is 13.3 Å². The Morgan fingerprint density at radius 1 is 1.06 bits per heavy atom. The van der Waals surface area contributed by atoms with Crippen LogP contribution in [-0.2, 0) is 4.79 Å². The van der Waals surface area contributed by atoms with Crippen molar-refractivity contribution < 1.29 is 22.4 Å². The molecule has 2 rings (SSSR count). The van der Waals surface area contributed by atoms with E-state index in [9.17, 15) is 22.4 Å². The van der Waals surface area contributed by atoms with E-state index in [0.717, 1.165) is 11.9 Å². The summed E-state index contributed by atoms with van der Waals surface area (Å²) in [6.45, 7) is 1.42. The zero-order valence-electron chi connectivity index (χ0n) is 9.52. The van der Waals surface area contributed by atoms with Crippen molar-refractivity contribution in [3.63, 3.8) is 0 Å². The fourth-order valence-corrected chi connectivity index (χ4v) is 1.71. The molecule has 1 aromatic carbocycles. The second-order valence-corrected chi connectivity index (χ2v) is 3.93. The summed E-state index contributed by atoms with van der Waals surface area (Å²) in [6, 6.07) is 0. The first-order valence-electron chi connectivity index (χ1n) is 5.01. The number of halogens is 4. The van der Waals surface area contributed by atoms with Crippen molar-refractivity contribution in [2.24, 2.45) is 4.99 Å².